The zero-order chi connectivity index (χ0) is 23.5. The second-order valence-corrected chi connectivity index (χ2v) is 8.83. The summed E-state index contributed by atoms with van der Waals surface area (Å²) in [4.78, 5) is 41.0. The molecule has 0 N–H and O–H groups in total. The highest BCUT2D eigenvalue weighted by Gasteiger charge is 2.45. The van der Waals surface area contributed by atoms with Crippen LogP contribution in [0, 0.1) is 0 Å². The number of fused-ring (bicyclic) bond motifs is 1. The van der Waals surface area contributed by atoms with E-state index in [1.54, 1.807) is 35.2 Å². The van der Waals surface area contributed by atoms with Crippen molar-refractivity contribution in [2.45, 2.75) is 33.2 Å². The van der Waals surface area contributed by atoms with Crippen LogP contribution in [0.3, 0.4) is 0 Å². The van der Waals surface area contributed by atoms with Crippen molar-refractivity contribution in [3.8, 4) is 5.75 Å². The van der Waals surface area contributed by atoms with Gasteiger partial charge in [-0.05, 0) is 63.6 Å². The van der Waals surface area contributed by atoms with Gasteiger partial charge in [-0.15, -0.1) is 0 Å². The highest BCUT2D eigenvalue weighted by atomic mass is 16.5. The lowest BCUT2D eigenvalue weighted by Gasteiger charge is -2.38. The molecular weight excluding hydrogens is 418 g/mol. The van der Waals surface area contributed by atoms with Crippen LogP contribution in [0.15, 0.2) is 63.8 Å². The van der Waals surface area contributed by atoms with Gasteiger partial charge in [0.1, 0.15) is 16.9 Å². The van der Waals surface area contributed by atoms with Crippen LogP contribution in [0.2, 0.25) is 0 Å². The summed E-state index contributed by atoms with van der Waals surface area (Å²) in [7, 11) is 0. The highest BCUT2D eigenvalue weighted by molar-refractivity contribution is 6.37. The molecule has 0 bridgehead atoms. The van der Waals surface area contributed by atoms with Crippen molar-refractivity contribution in [2.24, 2.45) is 0 Å². The summed E-state index contributed by atoms with van der Waals surface area (Å²) in [5.41, 5.74) is 2.54. The molecule has 0 unspecified atom stereocenters. The van der Waals surface area contributed by atoms with Crippen LogP contribution in [-0.2, 0) is 4.79 Å². The fraction of sp³-hybridized carbons (Fsp3) is 0.222. The number of rotatable bonds is 4. The highest BCUT2D eigenvalue weighted by Crippen LogP contribution is 2.50. The first kappa shape index (κ1) is 20.9. The standard InChI is InChI=1S/C27H23NO5/c1-5-32-17-11-18-15(2)14-27(3,4)28-24(18)19(12-17)20(25(28)30)13-22(29)21-10-16-8-6-7-9-23(16)33-26(21)31/h6-14H,5H2,1-4H3/b20-13-. The number of ketones is 1. The van der Waals surface area contributed by atoms with E-state index in [4.69, 9.17) is 9.15 Å². The van der Waals surface area contributed by atoms with E-state index in [-0.39, 0.29) is 17.0 Å². The van der Waals surface area contributed by atoms with Gasteiger partial charge in [-0.2, -0.15) is 0 Å². The molecule has 0 radical (unpaired) electrons. The number of carbonyl (C=O) groups is 2. The summed E-state index contributed by atoms with van der Waals surface area (Å²) in [6.45, 7) is 8.28. The van der Waals surface area contributed by atoms with E-state index in [0.29, 0.717) is 28.9 Å². The zero-order valence-electron chi connectivity index (χ0n) is 18.9. The van der Waals surface area contributed by atoms with Gasteiger partial charge in [0.15, 0.2) is 5.78 Å². The fourth-order valence-electron chi connectivity index (χ4n) is 4.75. The molecule has 3 aromatic rings. The van der Waals surface area contributed by atoms with E-state index in [1.807, 2.05) is 39.8 Å². The molecule has 0 saturated heterocycles. The van der Waals surface area contributed by atoms with Gasteiger partial charge < -0.3 is 9.15 Å². The van der Waals surface area contributed by atoms with Gasteiger partial charge >= 0.3 is 5.63 Å². The molecule has 2 aromatic carbocycles. The number of carbonyl (C=O) groups excluding carboxylic acids is 2. The van der Waals surface area contributed by atoms with Crippen LogP contribution in [0.1, 0.15) is 49.2 Å². The number of anilines is 1. The molecule has 166 valence electrons. The lowest BCUT2D eigenvalue weighted by Crippen LogP contribution is -2.46. The Balaban J connectivity index is 1.69. The second-order valence-electron chi connectivity index (χ2n) is 8.83. The number of para-hydroxylation sites is 1. The van der Waals surface area contributed by atoms with Gasteiger partial charge in [0.25, 0.3) is 5.91 Å². The van der Waals surface area contributed by atoms with Crippen molar-refractivity contribution >= 4 is 39.5 Å². The Bertz CT molecular complexity index is 1470. The number of benzene rings is 2. The summed E-state index contributed by atoms with van der Waals surface area (Å²) in [6, 6.07) is 12.2. The Hall–Kier alpha value is -3.93. The normalized spacial score (nSPS) is 17.3. The fourth-order valence-corrected chi connectivity index (χ4v) is 4.75. The van der Waals surface area contributed by atoms with Crippen LogP contribution in [-0.4, -0.2) is 23.8 Å². The predicted octanol–water partition coefficient (Wildman–Crippen LogP) is 5.00. The molecule has 0 fully saturated rings. The number of amides is 1. The van der Waals surface area contributed by atoms with Crippen LogP contribution in [0.4, 0.5) is 5.69 Å². The maximum atomic E-state index is 13.6. The Kier molecular flexibility index (Phi) is 4.64. The molecule has 0 atom stereocenters. The Labute approximate surface area is 190 Å². The Morgan fingerprint density at radius 3 is 2.61 bits per heavy atom. The number of ether oxygens (including phenoxy) is 1. The molecule has 6 heteroatoms. The molecule has 0 spiro atoms. The van der Waals surface area contributed by atoms with Crippen molar-refractivity contribution in [1.29, 1.82) is 0 Å². The second kappa shape index (κ2) is 7.30. The van der Waals surface area contributed by atoms with Crippen molar-refractivity contribution in [1.82, 2.24) is 0 Å². The summed E-state index contributed by atoms with van der Waals surface area (Å²) < 4.78 is 11.1. The van der Waals surface area contributed by atoms with Gasteiger partial charge in [-0.3, -0.25) is 14.5 Å². The van der Waals surface area contributed by atoms with E-state index in [0.717, 1.165) is 16.8 Å². The lowest BCUT2D eigenvalue weighted by molar-refractivity contribution is -0.113. The molecule has 2 aliphatic heterocycles. The zero-order valence-corrected chi connectivity index (χ0v) is 18.9. The number of nitrogens with zero attached hydrogens (tertiary/aromatic N) is 1. The average Bonchev–Trinajstić information content (AvgIpc) is 3.04. The first-order valence-electron chi connectivity index (χ1n) is 10.9. The smallest absolute Gasteiger partial charge is 0.347 e. The topological polar surface area (TPSA) is 76.8 Å². The molecule has 5 rings (SSSR count). The SMILES string of the molecule is CCOc1cc2c3c(c1)/C(=C/C(=O)c1cc4ccccc4oc1=O)C(=O)N3C(C)(C)C=C2C. The van der Waals surface area contributed by atoms with Crippen LogP contribution in [0.5, 0.6) is 5.75 Å². The minimum atomic E-state index is -0.732. The molecular formula is C27H23NO5. The maximum Gasteiger partial charge on any atom is 0.347 e. The minimum Gasteiger partial charge on any atom is -0.494 e. The molecule has 33 heavy (non-hydrogen) atoms. The summed E-state index contributed by atoms with van der Waals surface area (Å²) in [6.07, 6.45) is 3.29. The van der Waals surface area contributed by atoms with E-state index in [9.17, 15) is 14.4 Å². The van der Waals surface area contributed by atoms with Crippen LogP contribution < -0.4 is 15.3 Å². The third kappa shape index (κ3) is 3.21. The van der Waals surface area contributed by atoms with Gasteiger partial charge in [-0.25, -0.2) is 4.79 Å². The molecule has 0 saturated carbocycles. The molecule has 0 aliphatic carbocycles. The monoisotopic (exact) mass is 441 g/mol. The Morgan fingerprint density at radius 1 is 1.12 bits per heavy atom. The Morgan fingerprint density at radius 2 is 1.85 bits per heavy atom. The quantitative estimate of drug-likeness (QED) is 0.324. The summed E-state index contributed by atoms with van der Waals surface area (Å²) in [5.74, 6) is -0.236. The van der Waals surface area contributed by atoms with Crippen LogP contribution >= 0.6 is 0 Å². The van der Waals surface area contributed by atoms with E-state index in [2.05, 4.69) is 0 Å². The first-order chi connectivity index (χ1) is 15.7. The number of allylic oxidation sites excluding steroid dienone is 2. The van der Waals surface area contributed by atoms with E-state index >= 15 is 0 Å². The predicted molar refractivity (Wildman–Crippen MR) is 128 cm³/mol. The van der Waals surface area contributed by atoms with Gasteiger partial charge in [0, 0.05) is 16.5 Å². The lowest BCUT2D eigenvalue weighted by atomic mass is 9.89. The van der Waals surface area contributed by atoms with E-state index in [1.165, 1.54) is 12.1 Å². The van der Waals surface area contributed by atoms with Crippen LogP contribution in [0.25, 0.3) is 22.1 Å². The van der Waals surface area contributed by atoms with Gasteiger partial charge in [0.05, 0.1) is 23.4 Å². The number of hydrogen-bond donors (Lipinski definition) is 0. The van der Waals surface area contributed by atoms with Crippen molar-refractivity contribution < 1.29 is 18.7 Å². The maximum absolute atomic E-state index is 13.6. The molecule has 1 amide bonds. The summed E-state index contributed by atoms with van der Waals surface area (Å²) in [5, 5.41) is 0.637. The molecule has 1 aromatic heterocycles. The van der Waals surface area contributed by atoms with E-state index < -0.39 is 16.9 Å². The van der Waals surface area contributed by atoms with Crippen molar-refractivity contribution in [3.05, 3.63) is 81.7 Å². The third-order valence-electron chi connectivity index (χ3n) is 6.09. The summed E-state index contributed by atoms with van der Waals surface area (Å²) >= 11 is 0. The number of hydrogen-bond acceptors (Lipinski definition) is 5. The third-order valence-corrected chi connectivity index (χ3v) is 6.09. The van der Waals surface area contributed by atoms with Gasteiger partial charge in [-0.1, -0.05) is 24.3 Å². The van der Waals surface area contributed by atoms with Gasteiger partial charge in [0.2, 0.25) is 0 Å². The minimum absolute atomic E-state index is 0.112. The molecule has 2 aliphatic rings. The first-order valence-corrected chi connectivity index (χ1v) is 10.9. The molecule has 6 nitrogen and oxygen atoms in total. The largest absolute Gasteiger partial charge is 0.494 e. The molecule has 3 heterocycles. The van der Waals surface area contributed by atoms with Crippen molar-refractivity contribution in [3.63, 3.8) is 0 Å². The average molecular weight is 441 g/mol. The van der Waals surface area contributed by atoms with Crippen molar-refractivity contribution in [2.75, 3.05) is 11.5 Å².